The number of fused-ring (bicyclic) bond motifs is 1. The Hall–Kier alpha value is -1.85. The van der Waals surface area contributed by atoms with Crippen LogP contribution in [0.2, 0.25) is 0 Å². The first-order valence-electron chi connectivity index (χ1n) is 7.18. The molecule has 3 rings (SSSR count). The first-order valence-corrected chi connectivity index (χ1v) is 7.18. The topological polar surface area (TPSA) is 86.3 Å². The lowest BCUT2D eigenvalue weighted by atomic mass is 9.98. The van der Waals surface area contributed by atoms with Crippen molar-refractivity contribution in [2.75, 3.05) is 0 Å². The van der Waals surface area contributed by atoms with Crippen molar-refractivity contribution in [2.45, 2.75) is 51.1 Å². The largest absolute Gasteiger partial charge is 0.480 e. The van der Waals surface area contributed by atoms with Gasteiger partial charge in [-0.25, -0.2) is 9.78 Å². The van der Waals surface area contributed by atoms with Crippen LogP contribution in [-0.2, 0) is 22.6 Å². The monoisotopic (exact) mass is 277 g/mol. The molecule has 1 unspecified atom stereocenters. The van der Waals surface area contributed by atoms with Gasteiger partial charge in [-0.15, -0.1) is 0 Å². The van der Waals surface area contributed by atoms with E-state index in [-0.39, 0.29) is 5.91 Å². The Bertz CT molecular complexity index is 519. The van der Waals surface area contributed by atoms with Crippen LogP contribution >= 0.6 is 0 Å². The summed E-state index contributed by atoms with van der Waals surface area (Å²) in [6.45, 7) is 0.331. The highest BCUT2D eigenvalue weighted by Crippen LogP contribution is 2.30. The molecule has 2 N–H and O–H groups in total. The second kappa shape index (κ2) is 5.26. The number of carbonyl (C=O) groups excluding carboxylic acids is 1. The highest BCUT2D eigenvalue weighted by Gasteiger charge is 2.36. The molecule has 0 bridgehead atoms. The molecule has 1 atom stereocenters. The van der Waals surface area contributed by atoms with Crippen molar-refractivity contribution in [3.8, 4) is 0 Å². The van der Waals surface area contributed by atoms with Crippen LogP contribution in [0.25, 0.3) is 0 Å². The molecule has 2 heterocycles. The van der Waals surface area contributed by atoms with E-state index in [0.29, 0.717) is 25.3 Å². The van der Waals surface area contributed by atoms with E-state index in [1.165, 1.54) is 17.7 Å². The number of hydrogen-bond donors (Lipinski definition) is 2. The van der Waals surface area contributed by atoms with E-state index < -0.39 is 12.0 Å². The van der Waals surface area contributed by atoms with Gasteiger partial charge in [0.05, 0.1) is 24.3 Å². The van der Waals surface area contributed by atoms with Crippen LogP contribution in [0.15, 0.2) is 6.33 Å². The van der Waals surface area contributed by atoms with Crippen molar-refractivity contribution < 1.29 is 14.7 Å². The third kappa shape index (κ3) is 2.42. The molecule has 1 saturated carbocycles. The molecule has 1 aromatic heterocycles. The minimum atomic E-state index is -0.946. The standard InChI is InChI=1S/C14H19N3O3/c18-13(5-9-3-1-2-4-9)17-7-11-10(15-8-16-11)6-12(17)14(19)20/h8-9,12H,1-7H2,(H,15,16)(H,19,20). The maximum atomic E-state index is 12.4. The lowest BCUT2D eigenvalue weighted by Crippen LogP contribution is -2.49. The molecule has 0 radical (unpaired) electrons. The second-order valence-electron chi connectivity index (χ2n) is 5.76. The Kier molecular flexibility index (Phi) is 3.46. The molecular formula is C14H19N3O3. The number of H-pyrrole nitrogens is 1. The van der Waals surface area contributed by atoms with Crippen LogP contribution < -0.4 is 0 Å². The second-order valence-corrected chi connectivity index (χ2v) is 5.76. The molecule has 6 heteroatoms. The molecule has 0 saturated heterocycles. The highest BCUT2D eigenvalue weighted by molar-refractivity contribution is 5.84. The minimum Gasteiger partial charge on any atom is -0.480 e. The minimum absolute atomic E-state index is 0.0375. The summed E-state index contributed by atoms with van der Waals surface area (Å²) in [4.78, 5) is 32.5. The Morgan fingerprint density at radius 3 is 2.85 bits per heavy atom. The number of aromatic nitrogens is 2. The van der Waals surface area contributed by atoms with E-state index in [0.717, 1.165) is 24.2 Å². The number of aromatic amines is 1. The van der Waals surface area contributed by atoms with Gasteiger partial charge < -0.3 is 15.0 Å². The number of amides is 1. The molecular weight excluding hydrogens is 258 g/mol. The number of rotatable bonds is 3. The van der Waals surface area contributed by atoms with Gasteiger partial charge in [0.1, 0.15) is 6.04 Å². The van der Waals surface area contributed by atoms with Crippen LogP contribution in [0.4, 0.5) is 0 Å². The summed E-state index contributed by atoms with van der Waals surface area (Å²) in [7, 11) is 0. The smallest absolute Gasteiger partial charge is 0.326 e. The molecule has 2 aliphatic rings. The summed E-state index contributed by atoms with van der Waals surface area (Å²) >= 11 is 0. The fourth-order valence-corrected chi connectivity index (χ4v) is 3.30. The van der Waals surface area contributed by atoms with Crippen LogP contribution in [0.5, 0.6) is 0 Å². The van der Waals surface area contributed by atoms with Crippen molar-refractivity contribution in [1.82, 2.24) is 14.9 Å². The summed E-state index contributed by atoms with van der Waals surface area (Å²) in [5, 5.41) is 9.35. The number of carboxylic acids is 1. The summed E-state index contributed by atoms with van der Waals surface area (Å²) < 4.78 is 0. The molecule has 0 spiro atoms. The molecule has 108 valence electrons. The summed E-state index contributed by atoms with van der Waals surface area (Å²) in [5.41, 5.74) is 1.63. The highest BCUT2D eigenvalue weighted by atomic mass is 16.4. The number of imidazole rings is 1. The molecule has 1 aliphatic heterocycles. The zero-order chi connectivity index (χ0) is 14.1. The Labute approximate surface area is 117 Å². The van der Waals surface area contributed by atoms with E-state index in [1.807, 2.05) is 0 Å². The van der Waals surface area contributed by atoms with Crippen molar-refractivity contribution in [2.24, 2.45) is 5.92 Å². The Balaban J connectivity index is 1.75. The Morgan fingerprint density at radius 1 is 1.40 bits per heavy atom. The molecule has 6 nitrogen and oxygen atoms in total. The van der Waals surface area contributed by atoms with Gasteiger partial charge >= 0.3 is 5.97 Å². The van der Waals surface area contributed by atoms with E-state index in [4.69, 9.17) is 0 Å². The predicted octanol–water partition coefficient (Wildman–Crippen LogP) is 1.33. The molecule has 1 fully saturated rings. The predicted molar refractivity (Wildman–Crippen MR) is 70.8 cm³/mol. The lowest BCUT2D eigenvalue weighted by molar-refractivity contribution is -0.151. The summed E-state index contributed by atoms with van der Waals surface area (Å²) in [5.74, 6) is -0.553. The third-order valence-corrected chi connectivity index (χ3v) is 4.44. The summed E-state index contributed by atoms with van der Waals surface area (Å²) in [6, 6.07) is -0.778. The van der Waals surface area contributed by atoms with Crippen molar-refractivity contribution in [1.29, 1.82) is 0 Å². The molecule has 1 aliphatic carbocycles. The zero-order valence-corrected chi connectivity index (χ0v) is 11.3. The zero-order valence-electron chi connectivity index (χ0n) is 11.3. The van der Waals surface area contributed by atoms with Crippen LogP contribution in [0.3, 0.4) is 0 Å². The number of carbonyl (C=O) groups is 2. The van der Waals surface area contributed by atoms with Gasteiger partial charge in [0.2, 0.25) is 5.91 Å². The first kappa shape index (κ1) is 13.1. The number of nitrogens with zero attached hydrogens (tertiary/aromatic N) is 2. The fourth-order valence-electron chi connectivity index (χ4n) is 3.30. The number of hydrogen-bond acceptors (Lipinski definition) is 3. The van der Waals surface area contributed by atoms with Crippen LogP contribution in [-0.4, -0.2) is 37.9 Å². The van der Waals surface area contributed by atoms with E-state index in [9.17, 15) is 14.7 Å². The first-order chi connectivity index (χ1) is 9.65. The average Bonchev–Trinajstić information content (AvgIpc) is 3.06. The molecule has 0 aromatic carbocycles. The van der Waals surface area contributed by atoms with Gasteiger partial charge in [-0.2, -0.15) is 0 Å². The average molecular weight is 277 g/mol. The van der Waals surface area contributed by atoms with Crippen molar-refractivity contribution >= 4 is 11.9 Å². The number of aliphatic carboxylic acids is 1. The van der Waals surface area contributed by atoms with E-state index >= 15 is 0 Å². The maximum absolute atomic E-state index is 12.4. The fraction of sp³-hybridized carbons (Fsp3) is 0.643. The van der Waals surface area contributed by atoms with Crippen LogP contribution in [0, 0.1) is 5.92 Å². The maximum Gasteiger partial charge on any atom is 0.326 e. The normalized spacial score (nSPS) is 22.8. The van der Waals surface area contributed by atoms with E-state index in [2.05, 4.69) is 9.97 Å². The number of carboxylic acid groups (broad SMARTS) is 1. The lowest BCUT2D eigenvalue weighted by Gasteiger charge is -2.33. The third-order valence-electron chi connectivity index (χ3n) is 4.44. The van der Waals surface area contributed by atoms with Crippen molar-refractivity contribution in [3.63, 3.8) is 0 Å². The van der Waals surface area contributed by atoms with Gasteiger partial charge in [-0.1, -0.05) is 12.8 Å². The van der Waals surface area contributed by atoms with Crippen LogP contribution in [0.1, 0.15) is 43.5 Å². The molecule has 1 aromatic rings. The summed E-state index contributed by atoms with van der Waals surface area (Å²) in [6.07, 6.45) is 6.89. The molecule has 20 heavy (non-hydrogen) atoms. The van der Waals surface area contributed by atoms with Gasteiger partial charge in [-0.3, -0.25) is 4.79 Å². The Morgan fingerprint density at radius 2 is 2.15 bits per heavy atom. The van der Waals surface area contributed by atoms with E-state index in [1.54, 1.807) is 6.33 Å². The SMILES string of the molecule is O=C(O)C1Cc2nc[nH]c2CN1C(=O)CC1CCCC1. The molecule has 1 amide bonds. The van der Waals surface area contributed by atoms with Gasteiger partial charge in [0, 0.05) is 12.8 Å². The van der Waals surface area contributed by atoms with Gasteiger partial charge in [-0.05, 0) is 18.8 Å². The van der Waals surface area contributed by atoms with Crippen molar-refractivity contribution in [3.05, 3.63) is 17.7 Å². The van der Waals surface area contributed by atoms with Gasteiger partial charge in [0.15, 0.2) is 0 Å². The number of nitrogens with one attached hydrogen (secondary N) is 1. The van der Waals surface area contributed by atoms with Gasteiger partial charge in [0.25, 0.3) is 0 Å². The quantitative estimate of drug-likeness (QED) is 0.872.